The molecule has 0 saturated carbocycles. The lowest BCUT2D eigenvalue weighted by Gasteiger charge is -2.17. The van der Waals surface area contributed by atoms with E-state index in [1.165, 1.54) is 0 Å². The van der Waals surface area contributed by atoms with Gasteiger partial charge in [-0.1, -0.05) is 54.6 Å². The molecule has 0 aliphatic heterocycles. The summed E-state index contributed by atoms with van der Waals surface area (Å²) in [6.45, 7) is 0.371. The summed E-state index contributed by atoms with van der Waals surface area (Å²) < 4.78 is 28.3. The van der Waals surface area contributed by atoms with Gasteiger partial charge in [0.15, 0.2) is 0 Å². The van der Waals surface area contributed by atoms with E-state index in [4.69, 9.17) is 0 Å². The van der Waals surface area contributed by atoms with Gasteiger partial charge in [-0.25, -0.2) is 13.1 Å². The predicted molar refractivity (Wildman–Crippen MR) is 104 cm³/mol. The van der Waals surface area contributed by atoms with Gasteiger partial charge in [0.05, 0.1) is 4.90 Å². The maximum atomic E-state index is 12.8. The summed E-state index contributed by atoms with van der Waals surface area (Å²) in [6.07, 6.45) is 0.660. The number of hydrogen-bond acceptors (Lipinski definition) is 3. The molecule has 5 heteroatoms. The van der Waals surface area contributed by atoms with Crippen LogP contribution in [0.2, 0.25) is 0 Å². The monoisotopic (exact) mass is 354 g/mol. The Morgan fingerprint density at radius 1 is 0.840 bits per heavy atom. The zero-order chi connectivity index (χ0) is 17.9. The van der Waals surface area contributed by atoms with E-state index in [2.05, 4.69) is 4.72 Å². The average molecular weight is 354 g/mol. The Kier molecular flexibility index (Phi) is 5.06. The molecule has 1 N–H and O–H groups in total. The minimum Gasteiger partial charge on any atom is -0.377 e. The average Bonchev–Trinajstić information content (AvgIpc) is 2.61. The van der Waals surface area contributed by atoms with Gasteiger partial charge in [-0.2, -0.15) is 0 Å². The molecule has 0 saturated heterocycles. The quantitative estimate of drug-likeness (QED) is 0.738. The minimum absolute atomic E-state index is 0.321. The molecule has 0 unspecified atom stereocenters. The van der Waals surface area contributed by atoms with Crippen molar-refractivity contribution in [2.24, 2.45) is 0 Å². The molecule has 3 aromatic carbocycles. The molecule has 0 heterocycles. The first-order valence-corrected chi connectivity index (χ1v) is 9.70. The first-order valence-electron chi connectivity index (χ1n) is 8.22. The number of benzene rings is 3. The fraction of sp³-hybridized carbons (Fsp3) is 0.200. The van der Waals surface area contributed by atoms with Crippen molar-refractivity contribution in [1.29, 1.82) is 0 Å². The third-order valence-corrected chi connectivity index (χ3v) is 5.70. The molecule has 4 nitrogen and oxygen atoms in total. The third kappa shape index (κ3) is 3.83. The highest BCUT2D eigenvalue weighted by Gasteiger charge is 2.18. The second-order valence-corrected chi connectivity index (χ2v) is 7.89. The van der Waals surface area contributed by atoms with E-state index in [0.29, 0.717) is 17.9 Å². The van der Waals surface area contributed by atoms with Gasteiger partial charge in [0.2, 0.25) is 10.0 Å². The number of rotatable bonds is 6. The lowest BCUT2D eigenvalue weighted by atomic mass is 10.1. The van der Waals surface area contributed by atoms with Gasteiger partial charge in [0.1, 0.15) is 0 Å². The van der Waals surface area contributed by atoms with Crippen LogP contribution in [0.4, 0.5) is 5.69 Å². The van der Waals surface area contributed by atoms with Crippen LogP contribution in [-0.4, -0.2) is 29.1 Å². The second kappa shape index (κ2) is 7.25. The summed E-state index contributed by atoms with van der Waals surface area (Å²) in [5.41, 5.74) is 2.11. The van der Waals surface area contributed by atoms with E-state index < -0.39 is 10.0 Å². The molecular weight excluding hydrogens is 332 g/mol. The van der Waals surface area contributed by atoms with Gasteiger partial charge in [0, 0.05) is 37.1 Å². The lowest BCUT2D eigenvalue weighted by Crippen LogP contribution is -2.26. The largest absolute Gasteiger partial charge is 0.377 e. The zero-order valence-corrected chi connectivity index (χ0v) is 15.3. The van der Waals surface area contributed by atoms with E-state index >= 15 is 0 Å². The molecule has 130 valence electrons. The van der Waals surface area contributed by atoms with E-state index in [1.807, 2.05) is 73.6 Å². The smallest absolute Gasteiger partial charge is 0.241 e. The Hall–Kier alpha value is -2.37. The third-order valence-electron chi connectivity index (χ3n) is 4.18. The molecule has 0 atom stereocenters. The minimum atomic E-state index is -3.57. The first-order chi connectivity index (χ1) is 12.0. The number of nitrogens with one attached hydrogen (secondary N) is 1. The van der Waals surface area contributed by atoms with Crippen LogP contribution in [0.25, 0.3) is 10.8 Å². The fourth-order valence-corrected chi connectivity index (χ4v) is 4.19. The van der Waals surface area contributed by atoms with Gasteiger partial charge < -0.3 is 4.90 Å². The van der Waals surface area contributed by atoms with Crippen LogP contribution >= 0.6 is 0 Å². The van der Waals surface area contributed by atoms with Crippen molar-refractivity contribution in [2.45, 2.75) is 11.3 Å². The van der Waals surface area contributed by atoms with Crippen LogP contribution in [0.1, 0.15) is 5.56 Å². The Morgan fingerprint density at radius 2 is 1.52 bits per heavy atom. The van der Waals surface area contributed by atoms with Gasteiger partial charge in [0.25, 0.3) is 0 Å². The maximum absolute atomic E-state index is 12.8. The molecule has 0 bridgehead atoms. The highest BCUT2D eigenvalue weighted by Crippen LogP contribution is 2.30. The molecule has 0 aliphatic rings. The topological polar surface area (TPSA) is 49.4 Å². The van der Waals surface area contributed by atoms with Crippen molar-refractivity contribution in [3.63, 3.8) is 0 Å². The first kappa shape index (κ1) is 17.5. The summed E-state index contributed by atoms with van der Waals surface area (Å²) in [7, 11) is 0.337. The Morgan fingerprint density at radius 3 is 2.24 bits per heavy atom. The Bertz CT molecular complexity index is 967. The highest BCUT2D eigenvalue weighted by molar-refractivity contribution is 7.89. The molecule has 3 rings (SSSR count). The normalized spacial score (nSPS) is 11.6. The number of sulfonamides is 1. The number of hydrogen-bond donors (Lipinski definition) is 1. The number of anilines is 1. The summed E-state index contributed by atoms with van der Waals surface area (Å²) >= 11 is 0. The molecule has 25 heavy (non-hydrogen) atoms. The van der Waals surface area contributed by atoms with E-state index in [1.54, 1.807) is 12.1 Å². The van der Waals surface area contributed by atoms with Crippen LogP contribution in [0.15, 0.2) is 71.6 Å². The van der Waals surface area contributed by atoms with E-state index in [0.717, 1.165) is 22.0 Å². The standard InChI is InChI=1S/C20H22N2O2S/c1-22(2)19-12-6-11-18-17(19)10-7-13-20(18)25(23,24)21-15-14-16-8-4-3-5-9-16/h3-13,21H,14-15H2,1-2H3. The van der Waals surface area contributed by atoms with E-state index in [9.17, 15) is 8.42 Å². The summed E-state index contributed by atoms with van der Waals surface area (Å²) in [5, 5.41) is 1.67. The van der Waals surface area contributed by atoms with Crippen molar-refractivity contribution in [3.05, 3.63) is 72.3 Å². The van der Waals surface area contributed by atoms with Crippen LogP contribution in [-0.2, 0) is 16.4 Å². The Labute approximate surface area is 149 Å². The van der Waals surface area contributed by atoms with Gasteiger partial charge in [-0.3, -0.25) is 0 Å². The van der Waals surface area contributed by atoms with Crippen molar-refractivity contribution < 1.29 is 8.42 Å². The SMILES string of the molecule is CN(C)c1cccc2c(S(=O)(=O)NCCc3ccccc3)cccc12. The van der Waals surface area contributed by atoms with E-state index in [-0.39, 0.29) is 0 Å². The molecular formula is C20H22N2O2S. The zero-order valence-electron chi connectivity index (χ0n) is 14.4. The van der Waals surface area contributed by atoms with Gasteiger partial charge in [-0.15, -0.1) is 0 Å². The fourth-order valence-electron chi connectivity index (χ4n) is 2.94. The van der Waals surface area contributed by atoms with Crippen molar-refractivity contribution >= 4 is 26.5 Å². The second-order valence-electron chi connectivity index (χ2n) is 6.16. The maximum Gasteiger partial charge on any atom is 0.241 e. The van der Waals surface area contributed by atoms with Crippen molar-refractivity contribution in [2.75, 3.05) is 25.5 Å². The predicted octanol–water partition coefficient (Wildman–Crippen LogP) is 3.43. The lowest BCUT2D eigenvalue weighted by molar-refractivity contribution is 0.582. The molecule has 0 fully saturated rings. The van der Waals surface area contributed by atoms with Crippen molar-refractivity contribution in [3.8, 4) is 0 Å². The molecule has 0 aliphatic carbocycles. The van der Waals surface area contributed by atoms with Gasteiger partial charge in [-0.05, 0) is 24.1 Å². The van der Waals surface area contributed by atoms with Crippen LogP contribution < -0.4 is 9.62 Å². The van der Waals surface area contributed by atoms with Crippen LogP contribution in [0.3, 0.4) is 0 Å². The van der Waals surface area contributed by atoms with Crippen molar-refractivity contribution in [1.82, 2.24) is 4.72 Å². The molecule has 3 aromatic rings. The van der Waals surface area contributed by atoms with Gasteiger partial charge >= 0.3 is 0 Å². The molecule has 0 amide bonds. The number of nitrogens with zero attached hydrogens (tertiary/aromatic N) is 1. The summed E-state index contributed by atoms with van der Waals surface area (Å²) in [5.74, 6) is 0. The summed E-state index contributed by atoms with van der Waals surface area (Å²) in [6, 6.07) is 21.0. The molecule has 0 radical (unpaired) electrons. The molecule has 0 aromatic heterocycles. The number of fused-ring (bicyclic) bond motifs is 1. The Balaban J connectivity index is 1.88. The summed E-state index contributed by atoms with van der Waals surface area (Å²) in [4.78, 5) is 2.31. The highest BCUT2D eigenvalue weighted by atomic mass is 32.2. The van der Waals surface area contributed by atoms with Crippen LogP contribution in [0.5, 0.6) is 0 Å². The van der Waals surface area contributed by atoms with Crippen LogP contribution in [0, 0.1) is 0 Å². The molecule has 0 spiro atoms.